The fourth-order valence-corrected chi connectivity index (χ4v) is 6.92. The largest absolute Gasteiger partial charge is 0.456 e. The van der Waals surface area contributed by atoms with E-state index in [4.69, 9.17) is 10.2 Å². The standard InChI is InChI=1S/C44H28N4O/c45-19-7-12-28(17-20-46)29-8-5-10-32(22-29)39-25-41-43(37-15-3-1-13-35(37)39)44-38-16-4-2-14-36(38)40(26-42(44)49-41)33-11-6-9-30(23-33)31-18-21-48-34(24-31)27-47/h1-6,8-18,20-26H,7,46H2/b20-17-,28-12+. The minimum atomic E-state index is 0.296. The van der Waals surface area contributed by atoms with E-state index < -0.39 is 0 Å². The second kappa shape index (κ2) is 12.3. The topological polar surface area (TPSA) is 99.6 Å². The van der Waals surface area contributed by atoms with Gasteiger partial charge < -0.3 is 10.2 Å². The SMILES string of the molecule is N#CC/C=C(\C=C/N)c1cccc(-c2cc3oc4cc(-c5cccc(-c6ccnc(C#N)c6)c5)c5ccccc5c4c3c3ccccc23)c1. The van der Waals surface area contributed by atoms with E-state index >= 15 is 0 Å². The molecule has 8 aromatic rings. The smallest absolute Gasteiger partial charge is 0.141 e. The van der Waals surface area contributed by atoms with Gasteiger partial charge in [0.2, 0.25) is 0 Å². The van der Waals surface area contributed by atoms with E-state index in [9.17, 15) is 10.5 Å². The number of nitriles is 2. The van der Waals surface area contributed by atoms with Crippen LogP contribution in [0.5, 0.6) is 0 Å². The summed E-state index contributed by atoms with van der Waals surface area (Å²) in [5.74, 6) is 0. The zero-order chi connectivity index (χ0) is 33.3. The van der Waals surface area contributed by atoms with Gasteiger partial charge in [-0.15, -0.1) is 0 Å². The zero-order valence-corrected chi connectivity index (χ0v) is 26.4. The summed E-state index contributed by atoms with van der Waals surface area (Å²) in [4.78, 5) is 4.14. The number of rotatable bonds is 6. The maximum atomic E-state index is 9.41. The van der Waals surface area contributed by atoms with E-state index in [-0.39, 0.29) is 0 Å². The van der Waals surface area contributed by atoms with E-state index in [0.29, 0.717) is 12.1 Å². The van der Waals surface area contributed by atoms with Crippen LogP contribution in [0.3, 0.4) is 0 Å². The number of fused-ring (bicyclic) bond motifs is 7. The summed E-state index contributed by atoms with van der Waals surface area (Å²) in [6.45, 7) is 0. The normalized spacial score (nSPS) is 11.8. The molecule has 0 saturated heterocycles. The third-order valence-corrected chi connectivity index (χ3v) is 9.06. The van der Waals surface area contributed by atoms with Gasteiger partial charge in [0, 0.05) is 17.0 Å². The van der Waals surface area contributed by atoms with Gasteiger partial charge in [0.15, 0.2) is 0 Å². The molecule has 8 rings (SSSR count). The molecule has 2 N–H and O–H groups in total. The molecule has 0 atom stereocenters. The van der Waals surface area contributed by atoms with Crippen molar-refractivity contribution in [1.29, 1.82) is 10.5 Å². The predicted octanol–water partition coefficient (Wildman–Crippen LogP) is 10.9. The minimum Gasteiger partial charge on any atom is -0.456 e. The Hall–Kier alpha value is -6.95. The van der Waals surface area contributed by atoms with Crippen LogP contribution < -0.4 is 5.73 Å². The van der Waals surface area contributed by atoms with Gasteiger partial charge in [-0.1, -0.05) is 91.0 Å². The lowest BCUT2D eigenvalue weighted by Gasteiger charge is -2.12. The predicted molar refractivity (Wildman–Crippen MR) is 199 cm³/mol. The second-order valence-corrected chi connectivity index (χ2v) is 11.9. The molecule has 0 aliphatic rings. The minimum absolute atomic E-state index is 0.296. The Labute approximate surface area is 283 Å². The number of benzene rings is 6. The zero-order valence-electron chi connectivity index (χ0n) is 26.4. The first-order valence-electron chi connectivity index (χ1n) is 16.0. The molecule has 0 spiro atoms. The lowest BCUT2D eigenvalue weighted by molar-refractivity contribution is 0.670. The van der Waals surface area contributed by atoms with Gasteiger partial charge in [0.25, 0.3) is 0 Å². The molecule has 0 fully saturated rings. The van der Waals surface area contributed by atoms with Crippen LogP contribution in [0.1, 0.15) is 17.7 Å². The van der Waals surface area contributed by atoms with Crippen molar-refractivity contribution in [3.8, 4) is 45.5 Å². The van der Waals surface area contributed by atoms with Crippen molar-refractivity contribution < 1.29 is 4.42 Å². The van der Waals surface area contributed by atoms with Crippen molar-refractivity contribution in [2.24, 2.45) is 5.73 Å². The highest BCUT2D eigenvalue weighted by molar-refractivity contribution is 6.29. The molecule has 2 heterocycles. The molecule has 0 amide bonds. The van der Waals surface area contributed by atoms with Crippen molar-refractivity contribution in [2.45, 2.75) is 6.42 Å². The maximum absolute atomic E-state index is 9.41. The molecule has 0 radical (unpaired) electrons. The van der Waals surface area contributed by atoms with E-state index in [0.717, 1.165) is 88.0 Å². The Balaban J connectivity index is 1.36. The van der Waals surface area contributed by atoms with Gasteiger partial charge in [-0.25, -0.2) is 4.98 Å². The molecule has 5 heteroatoms. The van der Waals surface area contributed by atoms with Crippen molar-refractivity contribution in [1.82, 2.24) is 4.98 Å². The Morgan fingerprint density at radius 3 is 1.88 bits per heavy atom. The van der Waals surface area contributed by atoms with Crippen LogP contribution in [0, 0.1) is 22.7 Å². The van der Waals surface area contributed by atoms with Crippen molar-refractivity contribution >= 4 is 49.1 Å². The maximum Gasteiger partial charge on any atom is 0.141 e. The summed E-state index contributed by atoms with van der Waals surface area (Å²) in [6, 6.07) is 46.1. The van der Waals surface area contributed by atoms with Gasteiger partial charge in [-0.3, -0.25) is 0 Å². The molecule has 0 unspecified atom stereocenters. The van der Waals surface area contributed by atoms with Crippen LogP contribution >= 0.6 is 0 Å². The number of allylic oxidation sites excluding steroid dienone is 3. The lowest BCUT2D eigenvalue weighted by atomic mass is 9.90. The number of aromatic nitrogens is 1. The second-order valence-electron chi connectivity index (χ2n) is 11.9. The van der Waals surface area contributed by atoms with Gasteiger partial charge in [-0.05, 0) is 115 Å². The Morgan fingerprint density at radius 1 is 0.653 bits per heavy atom. The molecule has 0 aliphatic heterocycles. The average Bonchev–Trinajstić information content (AvgIpc) is 3.55. The first-order valence-corrected chi connectivity index (χ1v) is 16.0. The Morgan fingerprint density at radius 2 is 1.24 bits per heavy atom. The molecule has 0 saturated carbocycles. The van der Waals surface area contributed by atoms with E-state index in [1.807, 2.05) is 42.5 Å². The Kier molecular flexibility index (Phi) is 7.42. The number of hydrogen-bond acceptors (Lipinski definition) is 5. The summed E-state index contributed by atoms with van der Waals surface area (Å²) >= 11 is 0. The number of hydrogen-bond donors (Lipinski definition) is 1. The number of furan rings is 1. The summed E-state index contributed by atoms with van der Waals surface area (Å²) in [5.41, 5.74) is 15.8. The number of pyridine rings is 1. The highest BCUT2D eigenvalue weighted by atomic mass is 16.3. The van der Waals surface area contributed by atoms with Crippen molar-refractivity contribution in [3.63, 3.8) is 0 Å². The molecule has 2 aromatic heterocycles. The van der Waals surface area contributed by atoms with Crippen molar-refractivity contribution in [3.05, 3.63) is 157 Å². The summed E-state index contributed by atoms with van der Waals surface area (Å²) in [5, 5.41) is 25.3. The fraction of sp³-hybridized carbons (Fsp3) is 0.0227. The number of nitrogens with two attached hydrogens (primary N) is 1. The highest BCUT2D eigenvalue weighted by Crippen LogP contribution is 2.45. The van der Waals surface area contributed by atoms with E-state index in [1.165, 1.54) is 6.20 Å². The number of nitrogens with zero attached hydrogens (tertiary/aromatic N) is 3. The monoisotopic (exact) mass is 628 g/mol. The van der Waals surface area contributed by atoms with Crippen LogP contribution in [0.2, 0.25) is 0 Å². The Bertz CT molecular complexity index is 2740. The summed E-state index contributed by atoms with van der Waals surface area (Å²) in [6.07, 6.45) is 7.19. The fourth-order valence-electron chi connectivity index (χ4n) is 6.92. The van der Waals surface area contributed by atoms with Crippen LogP contribution in [0.4, 0.5) is 0 Å². The summed E-state index contributed by atoms with van der Waals surface area (Å²) < 4.78 is 6.79. The molecule has 5 nitrogen and oxygen atoms in total. The average molecular weight is 629 g/mol. The third kappa shape index (κ3) is 5.17. The molecular weight excluding hydrogens is 601 g/mol. The quantitative estimate of drug-likeness (QED) is 0.185. The van der Waals surface area contributed by atoms with Crippen LogP contribution in [0.25, 0.3) is 82.4 Å². The first-order chi connectivity index (χ1) is 24.2. The molecular formula is C44H28N4O. The highest BCUT2D eigenvalue weighted by Gasteiger charge is 2.19. The molecule has 6 aromatic carbocycles. The molecule has 0 aliphatic carbocycles. The van der Waals surface area contributed by atoms with E-state index in [1.54, 1.807) is 6.20 Å². The van der Waals surface area contributed by atoms with Gasteiger partial charge in [-0.2, -0.15) is 10.5 Å². The van der Waals surface area contributed by atoms with Gasteiger partial charge in [0.05, 0.1) is 12.5 Å². The lowest BCUT2D eigenvalue weighted by Crippen LogP contribution is -1.88. The molecule has 49 heavy (non-hydrogen) atoms. The van der Waals surface area contributed by atoms with E-state index in [2.05, 4.69) is 108 Å². The van der Waals surface area contributed by atoms with Crippen LogP contribution in [0.15, 0.2) is 150 Å². The van der Waals surface area contributed by atoms with Gasteiger partial charge >= 0.3 is 0 Å². The van der Waals surface area contributed by atoms with Crippen LogP contribution in [-0.2, 0) is 0 Å². The molecule has 0 bridgehead atoms. The first kappa shape index (κ1) is 29.5. The third-order valence-electron chi connectivity index (χ3n) is 9.06. The summed E-state index contributed by atoms with van der Waals surface area (Å²) in [7, 11) is 0. The van der Waals surface area contributed by atoms with Crippen molar-refractivity contribution in [2.75, 3.05) is 0 Å². The van der Waals surface area contributed by atoms with Crippen LogP contribution in [-0.4, -0.2) is 4.98 Å². The molecule has 230 valence electrons. The van der Waals surface area contributed by atoms with Gasteiger partial charge in [0.1, 0.15) is 22.9 Å².